The van der Waals surface area contributed by atoms with Gasteiger partial charge in [0.05, 0.1) is 6.61 Å². The van der Waals surface area contributed by atoms with Crippen molar-refractivity contribution in [1.29, 1.82) is 0 Å². The van der Waals surface area contributed by atoms with E-state index >= 15 is 0 Å². The smallest absolute Gasteiger partial charge is 0.325 e. The van der Waals surface area contributed by atoms with Gasteiger partial charge in [-0.3, -0.25) is 9.59 Å². The fraction of sp³-hybridized carbons (Fsp3) is 0.333. The van der Waals surface area contributed by atoms with Crippen molar-refractivity contribution >= 4 is 11.9 Å². The van der Waals surface area contributed by atoms with E-state index in [1.54, 1.807) is 25.1 Å². The van der Waals surface area contributed by atoms with E-state index in [0.717, 1.165) is 5.56 Å². The van der Waals surface area contributed by atoms with Crippen LogP contribution in [0.2, 0.25) is 0 Å². The van der Waals surface area contributed by atoms with E-state index in [4.69, 9.17) is 4.74 Å². The van der Waals surface area contributed by atoms with Gasteiger partial charge in [0.2, 0.25) is 0 Å². The number of benzene rings is 1. The summed E-state index contributed by atoms with van der Waals surface area (Å²) in [6, 6.07) is 7.29. The largest absolute Gasteiger partial charge is 0.465 e. The summed E-state index contributed by atoms with van der Waals surface area (Å²) < 4.78 is 4.87. The molecule has 0 atom stereocenters. The van der Waals surface area contributed by atoms with Crippen molar-refractivity contribution in [2.24, 2.45) is 0 Å². The molecule has 4 nitrogen and oxygen atoms in total. The van der Waals surface area contributed by atoms with Gasteiger partial charge < -0.3 is 9.64 Å². The lowest BCUT2D eigenvalue weighted by atomic mass is 10.1. The molecule has 0 fully saturated rings. The quantitative estimate of drug-likeness (QED) is 0.582. The van der Waals surface area contributed by atoms with Crippen molar-refractivity contribution in [2.75, 3.05) is 19.7 Å². The van der Waals surface area contributed by atoms with Crippen molar-refractivity contribution < 1.29 is 14.3 Å². The number of rotatable bonds is 6. The summed E-state index contributed by atoms with van der Waals surface area (Å²) in [5.74, 6) is -0.600. The number of aryl methyl sites for hydroxylation is 1. The lowest BCUT2D eigenvalue weighted by Crippen LogP contribution is -2.37. The first-order valence-electron chi connectivity index (χ1n) is 6.21. The highest BCUT2D eigenvalue weighted by Crippen LogP contribution is 2.10. The van der Waals surface area contributed by atoms with Gasteiger partial charge in [-0.05, 0) is 25.5 Å². The standard InChI is InChI=1S/C15H19NO3/c1-4-10-16(11-14(17)19-5-2)15(18)13-9-7-6-8-12(13)3/h4,6-9H,1,5,10-11H2,2-3H3. The van der Waals surface area contributed by atoms with E-state index in [0.29, 0.717) is 18.7 Å². The summed E-state index contributed by atoms with van der Waals surface area (Å²) in [4.78, 5) is 25.3. The van der Waals surface area contributed by atoms with Crippen molar-refractivity contribution in [3.8, 4) is 0 Å². The van der Waals surface area contributed by atoms with Crippen LogP contribution in [0.5, 0.6) is 0 Å². The van der Waals surface area contributed by atoms with Gasteiger partial charge in [0.15, 0.2) is 0 Å². The minimum atomic E-state index is -0.411. The predicted octanol–water partition coefficient (Wildman–Crippen LogP) is 2.19. The van der Waals surface area contributed by atoms with Gasteiger partial charge in [-0.2, -0.15) is 0 Å². The molecule has 0 heterocycles. The zero-order valence-corrected chi connectivity index (χ0v) is 11.4. The molecule has 0 aromatic heterocycles. The average molecular weight is 261 g/mol. The van der Waals surface area contributed by atoms with Gasteiger partial charge in [-0.15, -0.1) is 6.58 Å². The van der Waals surface area contributed by atoms with Crippen molar-refractivity contribution in [2.45, 2.75) is 13.8 Å². The van der Waals surface area contributed by atoms with Crippen LogP contribution in [-0.4, -0.2) is 36.5 Å². The number of esters is 1. The van der Waals surface area contributed by atoms with E-state index in [1.807, 2.05) is 19.1 Å². The Hall–Kier alpha value is -2.10. The third kappa shape index (κ3) is 4.25. The third-order valence-corrected chi connectivity index (χ3v) is 2.64. The number of carbonyl (C=O) groups is 2. The van der Waals surface area contributed by atoms with Crippen molar-refractivity contribution in [3.63, 3.8) is 0 Å². The Morgan fingerprint density at radius 1 is 1.37 bits per heavy atom. The second-order valence-corrected chi connectivity index (χ2v) is 4.09. The summed E-state index contributed by atoms with van der Waals surface area (Å²) in [5, 5.41) is 0. The minimum Gasteiger partial charge on any atom is -0.465 e. The van der Waals surface area contributed by atoms with E-state index in [-0.39, 0.29) is 12.5 Å². The summed E-state index contributed by atoms with van der Waals surface area (Å²) in [5.41, 5.74) is 1.47. The summed E-state index contributed by atoms with van der Waals surface area (Å²) in [6.07, 6.45) is 1.59. The van der Waals surface area contributed by atoms with Crippen LogP contribution in [0.15, 0.2) is 36.9 Å². The predicted molar refractivity (Wildman–Crippen MR) is 73.9 cm³/mol. The topological polar surface area (TPSA) is 46.6 Å². The lowest BCUT2D eigenvalue weighted by molar-refractivity contribution is -0.143. The Balaban J connectivity index is 2.87. The number of hydrogen-bond donors (Lipinski definition) is 0. The number of amides is 1. The first kappa shape index (κ1) is 15.0. The second-order valence-electron chi connectivity index (χ2n) is 4.09. The molecule has 1 rings (SSSR count). The van der Waals surface area contributed by atoms with Crippen LogP contribution in [0, 0.1) is 6.92 Å². The SMILES string of the molecule is C=CCN(CC(=O)OCC)C(=O)c1ccccc1C. The first-order chi connectivity index (χ1) is 9.10. The van der Waals surface area contributed by atoms with Crippen LogP contribution in [-0.2, 0) is 9.53 Å². The van der Waals surface area contributed by atoms with Gasteiger partial charge in [0, 0.05) is 12.1 Å². The van der Waals surface area contributed by atoms with E-state index < -0.39 is 5.97 Å². The van der Waals surface area contributed by atoms with Crippen LogP contribution >= 0.6 is 0 Å². The molecule has 0 saturated heterocycles. The van der Waals surface area contributed by atoms with Gasteiger partial charge in [0.25, 0.3) is 5.91 Å². The minimum absolute atomic E-state index is 0.0625. The molecule has 0 aliphatic carbocycles. The van der Waals surface area contributed by atoms with Crippen LogP contribution in [0.3, 0.4) is 0 Å². The molecule has 102 valence electrons. The zero-order chi connectivity index (χ0) is 14.3. The highest BCUT2D eigenvalue weighted by atomic mass is 16.5. The molecule has 0 bridgehead atoms. The molecule has 1 aromatic carbocycles. The zero-order valence-electron chi connectivity index (χ0n) is 11.4. The molecule has 1 aromatic rings. The van der Waals surface area contributed by atoms with Crippen LogP contribution in [0.25, 0.3) is 0 Å². The summed E-state index contributed by atoms with van der Waals surface area (Å²) in [7, 11) is 0. The Morgan fingerprint density at radius 3 is 2.63 bits per heavy atom. The fourth-order valence-corrected chi connectivity index (χ4v) is 1.72. The third-order valence-electron chi connectivity index (χ3n) is 2.64. The van der Waals surface area contributed by atoms with Crippen LogP contribution in [0.1, 0.15) is 22.8 Å². The van der Waals surface area contributed by atoms with Gasteiger partial charge in [-0.25, -0.2) is 0 Å². The highest BCUT2D eigenvalue weighted by molar-refractivity contribution is 5.97. The molecule has 0 unspecified atom stereocenters. The first-order valence-corrected chi connectivity index (χ1v) is 6.21. The molecular formula is C15H19NO3. The molecule has 0 radical (unpaired) electrons. The molecule has 0 N–H and O–H groups in total. The Bertz CT molecular complexity index is 468. The maximum Gasteiger partial charge on any atom is 0.325 e. The van der Waals surface area contributed by atoms with Crippen molar-refractivity contribution in [3.05, 3.63) is 48.0 Å². The van der Waals surface area contributed by atoms with E-state index in [9.17, 15) is 9.59 Å². The molecule has 0 spiro atoms. The molecule has 0 saturated carbocycles. The summed E-state index contributed by atoms with van der Waals surface area (Å²) >= 11 is 0. The molecule has 4 heteroatoms. The number of nitrogens with zero attached hydrogens (tertiary/aromatic N) is 1. The Kier molecular flexibility index (Phi) is 5.79. The fourth-order valence-electron chi connectivity index (χ4n) is 1.72. The molecular weight excluding hydrogens is 242 g/mol. The number of hydrogen-bond acceptors (Lipinski definition) is 3. The van der Waals surface area contributed by atoms with Gasteiger partial charge in [0.1, 0.15) is 6.54 Å². The van der Waals surface area contributed by atoms with Crippen LogP contribution < -0.4 is 0 Å². The van der Waals surface area contributed by atoms with E-state index in [1.165, 1.54) is 4.90 Å². The van der Waals surface area contributed by atoms with Crippen LogP contribution in [0.4, 0.5) is 0 Å². The molecule has 1 amide bonds. The summed E-state index contributed by atoms with van der Waals surface area (Å²) in [6.45, 7) is 7.76. The lowest BCUT2D eigenvalue weighted by Gasteiger charge is -2.21. The van der Waals surface area contributed by atoms with E-state index in [2.05, 4.69) is 6.58 Å². The Morgan fingerprint density at radius 2 is 2.05 bits per heavy atom. The normalized spacial score (nSPS) is 9.79. The number of ether oxygens (including phenoxy) is 1. The molecule has 0 aliphatic heterocycles. The van der Waals surface area contributed by atoms with Gasteiger partial charge >= 0.3 is 5.97 Å². The maximum atomic E-state index is 12.4. The van der Waals surface area contributed by atoms with Crippen molar-refractivity contribution in [1.82, 2.24) is 4.90 Å². The van der Waals surface area contributed by atoms with Gasteiger partial charge in [-0.1, -0.05) is 24.3 Å². The second kappa shape index (κ2) is 7.36. The number of carbonyl (C=O) groups excluding carboxylic acids is 2. The average Bonchev–Trinajstić information content (AvgIpc) is 2.38. The molecule has 0 aliphatic rings. The maximum absolute atomic E-state index is 12.4. The highest BCUT2D eigenvalue weighted by Gasteiger charge is 2.19. The monoisotopic (exact) mass is 261 g/mol. The molecule has 19 heavy (non-hydrogen) atoms. The Labute approximate surface area is 113 Å².